The summed E-state index contributed by atoms with van der Waals surface area (Å²) in [6, 6.07) is 0. The van der Waals surface area contributed by atoms with Crippen LogP contribution >= 0.6 is 11.8 Å². The number of allylic oxidation sites excluding steroid dienone is 2. The maximum absolute atomic E-state index is 11.8. The van der Waals surface area contributed by atoms with Crippen LogP contribution in [0.4, 0.5) is 0 Å². The van der Waals surface area contributed by atoms with Crippen molar-refractivity contribution in [3.63, 3.8) is 0 Å². The Bertz CT molecular complexity index is 320. The molecule has 0 bridgehead atoms. The molecule has 0 amide bonds. The molecule has 4 heteroatoms. The number of ether oxygens (including phenoxy) is 1. The lowest BCUT2D eigenvalue weighted by Crippen LogP contribution is -2.33. The van der Waals surface area contributed by atoms with Gasteiger partial charge in [0.05, 0.1) is 6.61 Å². The number of carbonyl (C=O) groups is 2. The highest BCUT2D eigenvalue weighted by Crippen LogP contribution is 2.30. The average Bonchev–Trinajstić information content (AvgIpc) is 2.16. The number of thioether (sulfide) groups is 1. The smallest absolute Gasteiger partial charge is 0.326 e. The Morgan fingerprint density at radius 1 is 1.44 bits per heavy atom. The number of carbonyl (C=O) groups excluding carboxylic acids is 2. The van der Waals surface area contributed by atoms with Crippen LogP contribution in [-0.2, 0) is 14.3 Å². The molecule has 3 nitrogen and oxygen atoms in total. The van der Waals surface area contributed by atoms with Crippen molar-refractivity contribution in [3.8, 4) is 0 Å². The zero-order valence-electron chi connectivity index (χ0n) is 10.2. The highest BCUT2D eigenvalue weighted by Gasteiger charge is 2.35. The maximum Gasteiger partial charge on any atom is 0.326 e. The largest absolute Gasteiger partial charge is 0.465 e. The van der Waals surface area contributed by atoms with Crippen LogP contribution in [0.2, 0.25) is 0 Å². The van der Waals surface area contributed by atoms with Crippen molar-refractivity contribution < 1.29 is 14.3 Å². The highest BCUT2D eigenvalue weighted by atomic mass is 32.2. The fourth-order valence-corrected chi connectivity index (χ4v) is 2.18. The Balaban J connectivity index is 5.09. The van der Waals surface area contributed by atoms with Crippen LogP contribution in [0, 0.1) is 0 Å². The molecule has 16 heavy (non-hydrogen) atoms. The third-order valence-electron chi connectivity index (χ3n) is 1.86. The number of rotatable bonds is 5. The Kier molecular flexibility index (Phi) is 6.11. The monoisotopic (exact) mass is 242 g/mol. The second-order valence-electron chi connectivity index (χ2n) is 3.51. The van der Waals surface area contributed by atoms with Crippen molar-refractivity contribution in [2.45, 2.75) is 32.4 Å². The predicted octanol–water partition coefficient (Wildman–Crippen LogP) is 2.72. The van der Waals surface area contributed by atoms with Gasteiger partial charge in [-0.2, -0.15) is 0 Å². The van der Waals surface area contributed by atoms with Gasteiger partial charge >= 0.3 is 5.97 Å². The third-order valence-corrected chi connectivity index (χ3v) is 2.86. The van der Waals surface area contributed by atoms with Crippen LogP contribution in [0.25, 0.3) is 0 Å². The minimum absolute atomic E-state index is 0.122. The standard InChI is InChI=1S/C12H18O3S/c1-6-9(3)8-12(5,16-10(4)13)11(14)15-7-2/h6,8H,1,7H2,2-5H3/t12-/m1/s1. The van der Waals surface area contributed by atoms with E-state index < -0.39 is 10.7 Å². The van der Waals surface area contributed by atoms with Crippen molar-refractivity contribution in [2.24, 2.45) is 0 Å². The number of hydrogen-bond acceptors (Lipinski definition) is 4. The molecular weight excluding hydrogens is 224 g/mol. The summed E-state index contributed by atoms with van der Waals surface area (Å²) in [5.41, 5.74) is 0.837. The summed E-state index contributed by atoms with van der Waals surface area (Å²) in [4.78, 5) is 22.9. The minimum Gasteiger partial charge on any atom is -0.465 e. The molecule has 0 aromatic rings. The quantitative estimate of drug-likeness (QED) is 0.549. The van der Waals surface area contributed by atoms with Crippen molar-refractivity contribution >= 4 is 22.8 Å². The molecule has 0 radical (unpaired) electrons. The molecule has 0 aliphatic rings. The lowest BCUT2D eigenvalue weighted by atomic mass is 10.1. The minimum atomic E-state index is -0.972. The van der Waals surface area contributed by atoms with E-state index >= 15 is 0 Å². The van der Waals surface area contributed by atoms with Gasteiger partial charge in [0.2, 0.25) is 0 Å². The number of esters is 1. The summed E-state index contributed by atoms with van der Waals surface area (Å²) in [6.07, 6.45) is 3.34. The van der Waals surface area contributed by atoms with Gasteiger partial charge in [-0.15, -0.1) is 0 Å². The van der Waals surface area contributed by atoms with E-state index in [0.29, 0.717) is 6.61 Å². The number of hydrogen-bond donors (Lipinski definition) is 0. The van der Waals surface area contributed by atoms with Crippen LogP contribution in [0.1, 0.15) is 27.7 Å². The summed E-state index contributed by atoms with van der Waals surface area (Å²) in [6.45, 7) is 10.6. The summed E-state index contributed by atoms with van der Waals surface area (Å²) in [7, 11) is 0. The summed E-state index contributed by atoms with van der Waals surface area (Å²) in [5.74, 6) is -0.406. The Morgan fingerprint density at radius 2 is 2.00 bits per heavy atom. The molecule has 0 spiro atoms. The molecule has 0 saturated heterocycles. The maximum atomic E-state index is 11.8. The molecule has 0 aliphatic carbocycles. The van der Waals surface area contributed by atoms with E-state index in [1.54, 1.807) is 26.0 Å². The second-order valence-corrected chi connectivity index (χ2v) is 5.14. The van der Waals surface area contributed by atoms with Gasteiger partial charge in [-0.05, 0) is 20.8 Å². The Hall–Kier alpha value is -1.03. The fraction of sp³-hybridized carbons (Fsp3) is 0.500. The van der Waals surface area contributed by atoms with Crippen LogP contribution in [0.3, 0.4) is 0 Å². The lowest BCUT2D eigenvalue weighted by Gasteiger charge is -2.22. The van der Waals surface area contributed by atoms with Crippen molar-refractivity contribution in [1.29, 1.82) is 0 Å². The summed E-state index contributed by atoms with van der Waals surface area (Å²) < 4.78 is 3.99. The van der Waals surface area contributed by atoms with Gasteiger partial charge in [-0.3, -0.25) is 9.59 Å². The lowest BCUT2D eigenvalue weighted by molar-refractivity contribution is -0.144. The first-order valence-electron chi connectivity index (χ1n) is 5.04. The van der Waals surface area contributed by atoms with Crippen molar-refractivity contribution in [1.82, 2.24) is 0 Å². The molecule has 1 atom stereocenters. The molecule has 0 aliphatic heterocycles. The molecule has 90 valence electrons. The summed E-state index contributed by atoms with van der Waals surface area (Å²) >= 11 is 0.956. The first kappa shape index (κ1) is 15.0. The molecule has 0 unspecified atom stereocenters. The highest BCUT2D eigenvalue weighted by molar-refractivity contribution is 8.15. The van der Waals surface area contributed by atoms with Crippen LogP contribution in [0.5, 0.6) is 0 Å². The molecule has 0 heterocycles. The van der Waals surface area contributed by atoms with Gasteiger partial charge in [-0.1, -0.05) is 36.1 Å². The van der Waals surface area contributed by atoms with Crippen molar-refractivity contribution in [2.75, 3.05) is 6.61 Å². The predicted molar refractivity (Wildman–Crippen MR) is 67.3 cm³/mol. The summed E-state index contributed by atoms with van der Waals surface area (Å²) in [5, 5.41) is -0.122. The SMILES string of the molecule is C=CC(C)=C[C@@](C)(SC(C)=O)C(=O)OCC. The van der Waals surface area contributed by atoms with Crippen molar-refractivity contribution in [3.05, 3.63) is 24.3 Å². The normalized spacial score (nSPS) is 15.1. The average molecular weight is 242 g/mol. The zero-order chi connectivity index (χ0) is 12.8. The molecule has 0 aromatic carbocycles. The topological polar surface area (TPSA) is 43.4 Å². The van der Waals surface area contributed by atoms with Crippen LogP contribution in [0.15, 0.2) is 24.3 Å². The Morgan fingerprint density at radius 3 is 2.38 bits per heavy atom. The van der Waals surface area contributed by atoms with E-state index in [1.807, 2.05) is 6.92 Å². The van der Waals surface area contributed by atoms with Crippen LogP contribution in [-0.4, -0.2) is 22.4 Å². The van der Waals surface area contributed by atoms with E-state index in [0.717, 1.165) is 17.3 Å². The van der Waals surface area contributed by atoms with Gasteiger partial charge in [0, 0.05) is 6.92 Å². The molecule has 0 rings (SSSR count). The first-order chi connectivity index (χ1) is 7.35. The molecule has 0 aromatic heterocycles. The van der Waals surface area contributed by atoms with Gasteiger partial charge in [0.25, 0.3) is 0 Å². The molecule has 0 fully saturated rings. The van der Waals surface area contributed by atoms with Gasteiger partial charge in [0.15, 0.2) is 5.12 Å². The molecule has 0 N–H and O–H groups in total. The van der Waals surface area contributed by atoms with Gasteiger partial charge in [0.1, 0.15) is 4.75 Å². The molecular formula is C12H18O3S. The second kappa shape index (κ2) is 6.53. The molecule has 0 saturated carbocycles. The van der Waals surface area contributed by atoms with E-state index in [4.69, 9.17) is 4.74 Å². The zero-order valence-corrected chi connectivity index (χ0v) is 11.0. The fourth-order valence-electron chi connectivity index (χ4n) is 1.20. The van der Waals surface area contributed by atoms with E-state index in [2.05, 4.69) is 6.58 Å². The van der Waals surface area contributed by atoms with E-state index in [1.165, 1.54) is 6.92 Å². The van der Waals surface area contributed by atoms with Gasteiger partial charge in [-0.25, -0.2) is 0 Å². The first-order valence-corrected chi connectivity index (χ1v) is 5.86. The Labute approximate surface area is 101 Å². The van der Waals surface area contributed by atoms with E-state index in [-0.39, 0.29) is 5.12 Å². The van der Waals surface area contributed by atoms with Crippen LogP contribution < -0.4 is 0 Å². The third kappa shape index (κ3) is 4.66. The van der Waals surface area contributed by atoms with E-state index in [9.17, 15) is 9.59 Å². The van der Waals surface area contributed by atoms with Gasteiger partial charge < -0.3 is 4.74 Å².